The Labute approximate surface area is 312 Å². The summed E-state index contributed by atoms with van der Waals surface area (Å²) in [7, 11) is 3.60. The van der Waals surface area contributed by atoms with Crippen molar-refractivity contribution in [2.75, 3.05) is 57.0 Å². The summed E-state index contributed by atoms with van der Waals surface area (Å²) >= 11 is 0. The molecular formula is C44H47N5O4. The zero-order chi connectivity index (χ0) is 37.0. The zero-order valence-corrected chi connectivity index (χ0v) is 30.4. The number of carbonyl (C=O) groups is 3. The fourth-order valence-electron chi connectivity index (χ4n) is 6.64. The number of benzene rings is 5. The molecule has 53 heavy (non-hydrogen) atoms. The lowest BCUT2D eigenvalue weighted by Crippen LogP contribution is -2.43. The van der Waals surface area contributed by atoms with Crippen LogP contribution in [0.2, 0.25) is 0 Å². The predicted octanol–water partition coefficient (Wildman–Crippen LogP) is 8.08. The van der Waals surface area contributed by atoms with Gasteiger partial charge >= 0.3 is 6.09 Å². The standard InChI is InChI=1S/C44H47N5O4/c1-45-27-24-42(50)46-36-19-13-18-35(32-36)43(51)47(2)30-31-48-28-25-37(26-29-48)53-44(52)49(40-22-11-9-20-38(40)33-14-5-3-6-15-33)41-23-12-10-21-39(41)34-16-7-4-8-17-34/h3-23,32,37,45H,24-31H2,1-2H3,(H,46,50). The van der Waals surface area contributed by atoms with Crippen molar-refractivity contribution in [3.8, 4) is 22.3 Å². The largest absolute Gasteiger partial charge is 0.445 e. The van der Waals surface area contributed by atoms with E-state index < -0.39 is 6.09 Å². The van der Waals surface area contributed by atoms with Crippen molar-refractivity contribution in [3.05, 3.63) is 139 Å². The highest BCUT2D eigenvalue weighted by Gasteiger charge is 2.30. The first kappa shape index (κ1) is 37.0. The molecule has 2 N–H and O–H groups in total. The molecule has 0 saturated carbocycles. The van der Waals surface area contributed by atoms with E-state index in [2.05, 4.69) is 39.8 Å². The Morgan fingerprint density at radius 3 is 1.89 bits per heavy atom. The summed E-state index contributed by atoms with van der Waals surface area (Å²) < 4.78 is 6.34. The van der Waals surface area contributed by atoms with Crippen LogP contribution < -0.4 is 15.5 Å². The molecule has 9 nitrogen and oxygen atoms in total. The molecule has 0 aliphatic carbocycles. The van der Waals surface area contributed by atoms with Gasteiger partial charge in [-0.1, -0.05) is 103 Å². The number of amides is 3. The van der Waals surface area contributed by atoms with Crippen LogP contribution in [0.1, 0.15) is 29.6 Å². The number of hydrogen-bond acceptors (Lipinski definition) is 6. The quantitative estimate of drug-likeness (QED) is 0.128. The number of rotatable bonds is 13. The third kappa shape index (κ3) is 9.57. The highest BCUT2D eigenvalue weighted by Crippen LogP contribution is 2.40. The van der Waals surface area contributed by atoms with Crippen molar-refractivity contribution in [2.45, 2.75) is 25.4 Å². The monoisotopic (exact) mass is 709 g/mol. The second-order valence-corrected chi connectivity index (χ2v) is 13.2. The third-order valence-electron chi connectivity index (χ3n) is 9.54. The number of anilines is 3. The lowest BCUT2D eigenvalue weighted by Gasteiger charge is -2.34. The number of nitrogens with one attached hydrogen (secondary N) is 2. The van der Waals surface area contributed by atoms with E-state index in [0.717, 1.165) is 46.7 Å². The van der Waals surface area contributed by atoms with Crippen molar-refractivity contribution in [1.29, 1.82) is 0 Å². The van der Waals surface area contributed by atoms with Crippen LogP contribution in [-0.4, -0.2) is 80.6 Å². The molecule has 1 fully saturated rings. The molecule has 9 heteroatoms. The summed E-state index contributed by atoms with van der Waals surface area (Å²) in [4.78, 5) is 45.6. The number of piperidine rings is 1. The number of likely N-dealkylation sites (tertiary alicyclic amines) is 1. The van der Waals surface area contributed by atoms with Gasteiger partial charge in [0.1, 0.15) is 6.10 Å². The molecule has 0 spiro atoms. The maximum absolute atomic E-state index is 14.4. The van der Waals surface area contributed by atoms with E-state index in [-0.39, 0.29) is 17.9 Å². The number of para-hydroxylation sites is 2. The van der Waals surface area contributed by atoms with Gasteiger partial charge in [0.05, 0.1) is 11.4 Å². The van der Waals surface area contributed by atoms with Gasteiger partial charge in [0.25, 0.3) is 5.91 Å². The van der Waals surface area contributed by atoms with Crippen LogP contribution in [0.3, 0.4) is 0 Å². The molecular weight excluding hydrogens is 663 g/mol. The number of hydrogen-bond donors (Lipinski definition) is 2. The van der Waals surface area contributed by atoms with E-state index in [1.165, 1.54) is 0 Å². The fraction of sp³-hybridized carbons (Fsp3) is 0.250. The minimum Gasteiger partial charge on any atom is -0.445 e. The van der Waals surface area contributed by atoms with E-state index in [4.69, 9.17) is 4.74 Å². The van der Waals surface area contributed by atoms with Crippen LogP contribution in [0.25, 0.3) is 22.3 Å². The molecule has 0 bridgehead atoms. The number of likely N-dealkylation sites (N-methyl/N-ethyl adjacent to an activating group) is 1. The van der Waals surface area contributed by atoms with Gasteiger partial charge in [0, 0.05) is 68.6 Å². The Hall–Kier alpha value is -5.77. The Morgan fingerprint density at radius 2 is 1.30 bits per heavy atom. The molecule has 0 atom stereocenters. The normalized spacial score (nSPS) is 13.2. The lowest BCUT2D eigenvalue weighted by molar-refractivity contribution is -0.116. The maximum atomic E-state index is 14.4. The van der Waals surface area contributed by atoms with E-state index in [9.17, 15) is 14.4 Å². The molecule has 6 rings (SSSR count). The van der Waals surface area contributed by atoms with E-state index in [1.54, 1.807) is 48.2 Å². The predicted molar refractivity (Wildman–Crippen MR) is 212 cm³/mol. The van der Waals surface area contributed by atoms with Crippen LogP contribution in [0.15, 0.2) is 133 Å². The number of carbonyl (C=O) groups excluding carboxylic acids is 3. The molecule has 1 saturated heterocycles. The SMILES string of the molecule is CNCCC(=O)Nc1cccc(C(=O)N(C)CCN2CCC(OC(=O)N(c3ccccc3-c3ccccc3)c3ccccc3-c3ccccc3)CC2)c1. The first-order valence-corrected chi connectivity index (χ1v) is 18.2. The third-order valence-corrected chi connectivity index (χ3v) is 9.54. The average Bonchev–Trinajstić information content (AvgIpc) is 3.20. The Bertz CT molecular complexity index is 1900. The van der Waals surface area contributed by atoms with Crippen LogP contribution in [0.4, 0.5) is 21.9 Å². The average molecular weight is 710 g/mol. The van der Waals surface area contributed by atoms with Crippen molar-refractivity contribution >= 4 is 35.0 Å². The van der Waals surface area contributed by atoms with Gasteiger partial charge in [-0.05, 0) is 61.3 Å². The molecule has 1 heterocycles. The summed E-state index contributed by atoms with van der Waals surface area (Å²) in [6, 6.07) is 43.1. The second kappa shape index (κ2) is 18.1. The van der Waals surface area contributed by atoms with Crippen molar-refractivity contribution < 1.29 is 19.1 Å². The maximum Gasteiger partial charge on any atom is 0.419 e. The molecule has 1 aliphatic heterocycles. The van der Waals surface area contributed by atoms with Crippen molar-refractivity contribution in [3.63, 3.8) is 0 Å². The summed E-state index contributed by atoms with van der Waals surface area (Å²) in [5.41, 5.74) is 6.51. The van der Waals surface area contributed by atoms with Gasteiger partial charge in [-0.3, -0.25) is 9.59 Å². The molecule has 0 unspecified atom stereocenters. The van der Waals surface area contributed by atoms with Gasteiger partial charge in [0.2, 0.25) is 5.91 Å². The minimum atomic E-state index is -0.416. The summed E-state index contributed by atoms with van der Waals surface area (Å²) in [5.74, 6) is -0.208. The smallest absolute Gasteiger partial charge is 0.419 e. The van der Waals surface area contributed by atoms with Crippen LogP contribution in [0, 0.1) is 0 Å². The first-order chi connectivity index (χ1) is 25.9. The first-order valence-electron chi connectivity index (χ1n) is 18.2. The van der Waals surface area contributed by atoms with Gasteiger partial charge in [0.15, 0.2) is 0 Å². The van der Waals surface area contributed by atoms with E-state index >= 15 is 0 Å². The van der Waals surface area contributed by atoms with Crippen LogP contribution in [0.5, 0.6) is 0 Å². The summed E-state index contributed by atoms with van der Waals surface area (Å²) in [5, 5.41) is 5.82. The van der Waals surface area contributed by atoms with Crippen molar-refractivity contribution in [1.82, 2.24) is 15.1 Å². The molecule has 5 aromatic carbocycles. The van der Waals surface area contributed by atoms with Gasteiger partial charge in [-0.25, -0.2) is 9.69 Å². The fourth-order valence-corrected chi connectivity index (χ4v) is 6.64. The topological polar surface area (TPSA) is 94.2 Å². The molecule has 5 aromatic rings. The van der Waals surface area contributed by atoms with Gasteiger partial charge in [-0.2, -0.15) is 0 Å². The summed E-state index contributed by atoms with van der Waals surface area (Å²) in [6.45, 7) is 3.31. The molecule has 0 aromatic heterocycles. The number of ether oxygens (including phenoxy) is 1. The van der Waals surface area contributed by atoms with Gasteiger partial charge < -0.3 is 25.2 Å². The minimum absolute atomic E-state index is 0.104. The Morgan fingerprint density at radius 1 is 0.736 bits per heavy atom. The molecule has 0 radical (unpaired) electrons. The summed E-state index contributed by atoms with van der Waals surface area (Å²) in [6.07, 6.45) is 1.06. The van der Waals surface area contributed by atoms with Crippen LogP contribution >= 0.6 is 0 Å². The number of nitrogens with zero attached hydrogens (tertiary/aromatic N) is 3. The Kier molecular flexibility index (Phi) is 12.7. The Balaban J connectivity index is 1.11. The highest BCUT2D eigenvalue weighted by molar-refractivity contribution is 6.04. The molecule has 272 valence electrons. The lowest BCUT2D eigenvalue weighted by atomic mass is 10.00. The zero-order valence-electron chi connectivity index (χ0n) is 30.4. The van der Waals surface area contributed by atoms with Crippen LogP contribution in [-0.2, 0) is 9.53 Å². The highest BCUT2D eigenvalue weighted by atomic mass is 16.6. The molecule has 1 aliphatic rings. The molecule has 3 amide bonds. The van der Waals surface area contributed by atoms with Crippen molar-refractivity contribution in [2.24, 2.45) is 0 Å². The van der Waals surface area contributed by atoms with E-state index in [1.807, 2.05) is 84.9 Å². The second-order valence-electron chi connectivity index (χ2n) is 13.2. The van der Waals surface area contributed by atoms with Gasteiger partial charge in [-0.15, -0.1) is 0 Å². The van der Waals surface area contributed by atoms with E-state index in [0.29, 0.717) is 50.1 Å².